The SMILES string of the molecule is CCCCc1ccc(C2CCC(C(=O)Oc3ccc(C4CCC(CC)CC4)c(F)c3F)CC2)c(F)c1. The predicted molar refractivity (Wildman–Crippen MR) is 137 cm³/mol. The Morgan fingerprint density at radius 1 is 0.833 bits per heavy atom. The minimum absolute atomic E-state index is 0.0171. The number of rotatable bonds is 8. The molecule has 0 amide bonds. The largest absolute Gasteiger partial charge is 0.423 e. The average molecular weight is 501 g/mol. The maximum atomic E-state index is 14.9. The van der Waals surface area contributed by atoms with Crippen LogP contribution in [0.2, 0.25) is 0 Å². The summed E-state index contributed by atoms with van der Waals surface area (Å²) in [5.74, 6) is -2.63. The number of ether oxygens (including phenoxy) is 1. The summed E-state index contributed by atoms with van der Waals surface area (Å²) in [5, 5.41) is 0. The summed E-state index contributed by atoms with van der Waals surface area (Å²) in [7, 11) is 0. The average Bonchev–Trinajstić information content (AvgIpc) is 2.90. The van der Waals surface area contributed by atoms with Crippen LogP contribution in [-0.4, -0.2) is 5.97 Å². The van der Waals surface area contributed by atoms with Gasteiger partial charge in [0.15, 0.2) is 11.6 Å². The van der Waals surface area contributed by atoms with Gasteiger partial charge in [-0.1, -0.05) is 44.9 Å². The second-order valence-electron chi connectivity index (χ2n) is 10.8. The summed E-state index contributed by atoms with van der Waals surface area (Å²) in [6.07, 6.45) is 10.3. The highest BCUT2D eigenvalue weighted by Gasteiger charge is 2.31. The molecule has 5 heteroatoms. The highest BCUT2D eigenvalue weighted by Crippen LogP contribution is 2.41. The molecule has 2 saturated carbocycles. The van der Waals surface area contributed by atoms with Crippen molar-refractivity contribution in [3.8, 4) is 5.75 Å². The Balaban J connectivity index is 1.33. The van der Waals surface area contributed by atoms with E-state index in [2.05, 4.69) is 13.8 Å². The molecule has 2 aromatic carbocycles. The van der Waals surface area contributed by atoms with E-state index in [-0.39, 0.29) is 29.3 Å². The molecule has 36 heavy (non-hydrogen) atoms. The van der Waals surface area contributed by atoms with Crippen molar-refractivity contribution >= 4 is 5.97 Å². The third-order valence-corrected chi connectivity index (χ3v) is 8.54. The van der Waals surface area contributed by atoms with Crippen LogP contribution in [0.15, 0.2) is 30.3 Å². The van der Waals surface area contributed by atoms with Crippen molar-refractivity contribution in [2.45, 2.75) is 103 Å². The third kappa shape index (κ3) is 6.15. The molecule has 0 radical (unpaired) electrons. The molecule has 4 rings (SSSR count). The number of halogens is 3. The highest BCUT2D eigenvalue weighted by atomic mass is 19.2. The van der Waals surface area contributed by atoms with Gasteiger partial charge >= 0.3 is 5.97 Å². The molecule has 2 aliphatic carbocycles. The van der Waals surface area contributed by atoms with Gasteiger partial charge in [0.05, 0.1) is 5.92 Å². The van der Waals surface area contributed by atoms with Gasteiger partial charge in [-0.05, 0) is 111 Å². The van der Waals surface area contributed by atoms with Gasteiger partial charge in [0.2, 0.25) is 5.82 Å². The zero-order valence-corrected chi connectivity index (χ0v) is 21.6. The number of unbranched alkanes of at least 4 members (excludes halogenated alkanes) is 1. The second kappa shape index (κ2) is 12.3. The van der Waals surface area contributed by atoms with Crippen molar-refractivity contribution < 1.29 is 22.7 Å². The van der Waals surface area contributed by atoms with Crippen LogP contribution < -0.4 is 4.74 Å². The number of hydrogen-bond acceptors (Lipinski definition) is 2. The number of hydrogen-bond donors (Lipinski definition) is 0. The zero-order valence-electron chi connectivity index (χ0n) is 21.6. The highest BCUT2D eigenvalue weighted by molar-refractivity contribution is 5.75. The summed E-state index contributed by atoms with van der Waals surface area (Å²) < 4.78 is 49.8. The van der Waals surface area contributed by atoms with Crippen molar-refractivity contribution in [3.63, 3.8) is 0 Å². The molecule has 2 aromatic rings. The number of carbonyl (C=O) groups excluding carboxylic acids is 1. The second-order valence-corrected chi connectivity index (χ2v) is 10.8. The van der Waals surface area contributed by atoms with Gasteiger partial charge in [-0.3, -0.25) is 4.79 Å². The summed E-state index contributed by atoms with van der Waals surface area (Å²) in [4.78, 5) is 12.8. The molecule has 0 N–H and O–H groups in total. The minimum atomic E-state index is -1.07. The van der Waals surface area contributed by atoms with Crippen molar-refractivity contribution in [1.29, 1.82) is 0 Å². The van der Waals surface area contributed by atoms with E-state index in [0.717, 1.165) is 56.9 Å². The Morgan fingerprint density at radius 3 is 2.11 bits per heavy atom. The fourth-order valence-corrected chi connectivity index (χ4v) is 6.09. The smallest absolute Gasteiger partial charge is 0.314 e. The number of esters is 1. The van der Waals surface area contributed by atoms with Gasteiger partial charge < -0.3 is 4.74 Å². The molecule has 0 saturated heterocycles. The van der Waals surface area contributed by atoms with Crippen LogP contribution in [0.4, 0.5) is 13.2 Å². The number of aryl methyl sites for hydroxylation is 1. The molecule has 2 nitrogen and oxygen atoms in total. The van der Waals surface area contributed by atoms with Crippen LogP contribution >= 0.6 is 0 Å². The van der Waals surface area contributed by atoms with Crippen molar-refractivity contribution in [2.75, 3.05) is 0 Å². The Hall–Kier alpha value is -2.30. The molecule has 0 atom stereocenters. The van der Waals surface area contributed by atoms with E-state index in [1.54, 1.807) is 12.1 Å². The monoisotopic (exact) mass is 500 g/mol. The molecular weight excluding hydrogens is 461 g/mol. The maximum Gasteiger partial charge on any atom is 0.314 e. The molecule has 0 spiro atoms. The van der Waals surface area contributed by atoms with E-state index in [1.165, 1.54) is 6.07 Å². The molecule has 0 unspecified atom stereocenters. The standard InChI is InChI=1S/C31H39F3O2/c1-3-5-6-21-9-16-25(27(32)19-21)22-12-14-24(15-13-22)31(35)36-28-18-17-26(29(33)30(28)34)23-10-7-20(4-2)8-11-23/h9,16-20,22-24H,3-8,10-15H2,1-2H3. The molecule has 0 aromatic heterocycles. The van der Waals surface area contributed by atoms with Gasteiger partial charge in [-0.15, -0.1) is 0 Å². The van der Waals surface area contributed by atoms with Gasteiger partial charge in [0, 0.05) is 0 Å². The lowest BCUT2D eigenvalue weighted by Gasteiger charge is -2.29. The lowest BCUT2D eigenvalue weighted by atomic mass is 9.77. The summed E-state index contributed by atoms with van der Waals surface area (Å²) in [6.45, 7) is 4.29. The summed E-state index contributed by atoms with van der Waals surface area (Å²) in [6, 6.07) is 8.52. The molecule has 2 aliphatic rings. The fourth-order valence-electron chi connectivity index (χ4n) is 6.09. The zero-order chi connectivity index (χ0) is 25.7. The van der Waals surface area contributed by atoms with E-state index in [4.69, 9.17) is 4.74 Å². The number of benzene rings is 2. The lowest BCUT2D eigenvalue weighted by Crippen LogP contribution is -2.26. The molecule has 0 heterocycles. The van der Waals surface area contributed by atoms with E-state index in [1.807, 2.05) is 12.1 Å². The Labute approximate surface area is 213 Å². The Morgan fingerprint density at radius 2 is 1.47 bits per heavy atom. The first-order valence-electron chi connectivity index (χ1n) is 13.9. The first-order valence-corrected chi connectivity index (χ1v) is 13.9. The lowest BCUT2D eigenvalue weighted by molar-refractivity contribution is -0.140. The van der Waals surface area contributed by atoms with E-state index >= 15 is 0 Å². The molecular formula is C31H39F3O2. The minimum Gasteiger partial charge on any atom is -0.423 e. The van der Waals surface area contributed by atoms with Crippen LogP contribution in [0, 0.1) is 29.3 Å². The first kappa shape index (κ1) is 26.8. The molecule has 0 bridgehead atoms. The van der Waals surface area contributed by atoms with Crippen LogP contribution in [0.1, 0.15) is 113 Å². The molecule has 2 fully saturated rings. The summed E-state index contributed by atoms with van der Waals surface area (Å²) in [5.41, 5.74) is 2.12. The van der Waals surface area contributed by atoms with E-state index in [9.17, 15) is 18.0 Å². The van der Waals surface area contributed by atoms with Gasteiger partial charge in [-0.2, -0.15) is 4.39 Å². The summed E-state index contributed by atoms with van der Waals surface area (Å²) >= 11 is 0. The topological polar surface area (TPSA) is 26.3 Å². The fraction of sp³-hybridized carbons (Fsp3) is 0.581. The van der Waals surface area contributed by atoms with Gasteiger partial charge in [-0.25, -0.2) is 8.78 Å². The van der Waals surface area contributed by atoms with Crippen LogP contribution in [0.5, 0.6) is 5.75 Å². The van der Waals surface area contributed by atoms with Crippen LogP contribution in [0.3, 0.4) is 0 Å². The van der Waals surface area contributed by atoms with Crippen molar-refractivity contribution in [1.82, 2.24) is 0 Å². The van der Waals surface area contributed by atoms with Gasteiger partial charge in [0.1, 0.15) is 5.82 Å². The van der Waals surface area contributed by atoms with E-state index < -0.39 is 17.6 Å². The maximum absolute atomic E-state index is 14.9. The van der Waals surface area contributed by atoms with Crippen LogP contribution in [0.25, 0.3) is 0 Å². The number of carbonyl (C=O) groups is 1. The van der Waals surface area contributed by atoms with Gasteiger partial charge in [0.25, 0.3) is 0 Å². The third-order valence-electron chi connectivity index (χ3n) is 8.54. The first-order chi connectivity index (χ1) is 17.4. The Bertz CT molecular complexity index is 1030. The van der Waals surface area contributed by atoms with Crippen molar-refractivity contribution in [2.24, 2.45) is 11.8 Å². The van der Waals surface area contributed by atoms with Crippen molar-refractivity contribution in [3.05, 3.63) is 64.5 Å². The predicted octanol–water partition coefficient (Wildman–Crippen LogP) is 9.01. The van der Waals surface area contributed by atoms with E-state index in [0.29, 0.717) is 42.7 Å². The Kier molecular flexibility index (Phi) is 9.14. The molecule has 0 aliphatic heterocycles. The van der Waals surface area contributed by atoms with Crippen LogP contribution in [-0.2, 0) is 11.2 Å². The molecule has 196 valence electrons. The quantitative estimate of drug-likeness (QED) is 0.267. The normalized spacial score (nSPS) is 24.5.